The summed E-state index contributed by atoms with van der Waals surface area (Å²) in [6, 6.07) is 23.9. The molecular weight excluding hydrogens is 632 g/mol. The van der Waals surface area contributed by atoms with Gasteiger partial charge in [0.25, 0.3) is 0 Å². The SMILES string of the molecule is CCC(C)n1ncn(-c2ccc(N3CCN(c4ccc(OCC5COC(Cn6nccn6)(c6ccccc6Cl)O5)cc4)CC3)cc2)c1=O. The summed E-state index contributed by atoms with van der Waals surface area (Å²) in [6.45, 7) is 8.56. The Labute approximate surface area is 284 Å². The number of anilines is 2. The summed E-state index contributed by atoms with van der Waals surface area (Å²) in [6.07, 6.45) is 5.39. The number of hydrogen-bond donors (Lipinski definition) is 0. The quantitative estimate of drug-likeness (QED) is 0.194. The lowest BCUT2D eigenvalue weighted by atomic mass is 10.1. The maximum absolute atomic E-state index is 12.8. The van der Waals surface area contributed by atoms with E-state index in [1.807, 2.05) is 55.5 Å². The van der Waals surface area contributed by atoms with Gasteiger partial charge in [-0.2, -0.15) is 20.1 Å². The second-order valence-corrected chi connectivity index (χ2v) is 12.5. The second kappa shape index (κ2) is 13.8. The summed E-state index contributed by atoms with van der Waals surface area (Å²) in [5.74, 6) is -0.352. The van der Waals surface area contributed by atoms with Gasteiger partial charge in [-0.05, 0) is 67.9 Å². The zero-order valence-corrected chi connectivity index (χ0v) is 27.8. The van der Waals surface area contributed by atoms with Crippen molar-refractivity contribution >= 4 is 23.0 Å². The van der Waals surface area contributed by atoms with Gasteiger partial charge in [0.05, 0.1) is 30.7 Å². The van der Waals surface area contributed by atoms with Crippen molar-refractivity contribution in [2.24, 2.45) is 0 Å². The van der Waals surface area contributed by atoms with E-state index in [2.05, 4.69) is 56.3 Å². The number of benzene rings is 3. The number of nitrogens with zero attached hydrogens (tertiary/aromatic N) is 8. The van der Waals surface area contributed by atoms with Crippen LogP contribution in [0, 0.1) is 0 Å². The van der Waals surface area contributed by atoms with E-state index in [-0.39, 0.29) is 24.4 Å². The maximum atomic E-state index is 12.8. The average molecular weight is 671 g/mol. The van der Waals surface area contributed by atoms with Crippen molar-refractivity contribution in [3.63, 3.8) is 0 Å². The van der Waals surface area contributed by atoms with E-state index in [4.69, 9.17) is 25.8 Å². The first-order chi connectivity index (χ1) is 23.4. The zero-order valence-electron chi connectivity index (χ0n) is 27.1. The molecule has 2 aliphatic rings. The average Bonchev–Trinajstić information content (AvgIpc) is 3.89. The van der Waals surface area contributed by atoms with E-state index in [1.54, 1.807) is 28.0 Å². The Morgan fingerprint density at radius 3 is 2.17 bits per heavy atom. The zero-order chi connectivity index (χ0) is 33.1. The van der Waals surface area contributed by atoms with Crippen LogP contribution in [0.25, 0.3) is 5.69 Å². The third-order valence-electron chi connectivity index (χ3n) is 9.07. The molecule has 3 unspecified atom stereocenters. The fraction of sp³-hybridized carbons (Fsp3) is 0.371. The van der Waals surface area contributed by atoms with Crippen molar-refractivity contribution < 1.29 is 14.2 Å². The molecule has 2 fully saturated rings. The molecule has 0 radical (unpaired) electrons. The molecule has 12 nitrogen and oxygen atoms in total. The fourth-order valence-corrected chi connectivity index (χ4v) is 6.48. The Morgan fingerprint density at radius 1 is 0.896 bits per heavy atom. The third-order valence-corrected chi connectivity index (χ3v) is 9.40. The van der Waals surface area contributed by atoms with Gasteiger partial charge in [-0.3, -0.25) is 0 Å². The van der Waals surface area contributed by atoms with Crippen LogP contribution in [0.3, 0.4) is 0 Å². The highest BCUT2D eigenvalue weighted by atomic mass is 35.5. The highest BCUT2D eigenvalue weighted by Crippen LogP contribution is 2.39. The van der Waals surface area contributed by atoms with Crippen molar-refractivity contribution in [3.8, 4) is 11.4 Å². The molecule has 0 aliphatic carbocycles. The smallest absolute Gasteiger partial charge is 0.350 e. The summed E-state index contributed by atoms with van der Waals surface area (Å²) in [5.41, 5.74) is 3.73. The van der Waals surface area contributed by atoms with Gasteiger partial charge < -0.3 is 24.0 Å². The number of ether oxygens (including phenoxy) is 3. The molecule has 5 aromatic rings. The summed E-state index contributed by atoms with van der Waals surface area (Å²) in [7, 11) is 0. The van der Waals surface area contributed by atoms with Gasteiger partial charge in [0.2, 0.25) is 5.79 Å². The van der Waals surface area contributed by atoms with E-state index in [0.717, 1.165) is 61.0 Å². The highest BCUT2D eigenvalue weighted by Gasteiger charge is 2.46. The summed E-state index contributed by atoms with van der Waals surface area (Å²) in [5, 5.41) is 13.3. The molecule has 0 saturated carbocycles. The molecule has 3 aromatic carbocycles. The van der Waals surface area contributed by atoms with Crippen molar-refractivity contribution in [2.75, 3.05) is 49.2 Å². The summed E-state index contributed by atoms with van der Waals surface area (Å²) >= 11 is 6.56. The highest BCUT2D eigenvalue weighted by molar-refractivity contribution is 6.31. The molecule has 2 aromatic heterocycles. The van der Waals surface area contributed by atoms with Crippen LogP contribution in [0.4, 0.5) is 11.4 Å². The first-order valence-corrected chi connectivity index (χ1v) is 16.7. The Hall–Kier alpha value is -4.65. The number of hydrogen-bond acceptors (Lipinski definition) is 9. The second-order valence-electron chi connectivity index (χ2n) is 12.1. The van der Waals surface area contributed by atoms with Crippen LogP contribution in [0.2, 0.25) is 5.02 Å². The van der Waals surface area contributed by atoms with Crippen LogP contribution in [0.15, 0.2) is 96.3 Å². The van der Waals surface area contributed by atoms with Crippen LogP contribution in [0.5, 0.6) is 5.75 Å². The molecule has 0 bridgehead atoms. The standard InChI is InChI=1S/C35H39ClN8O4/c1-3-26(2)44-34(45)42(25-39-44)29-10-8-27(9-11-29)40-18-20-41(21-19-40)28-12-14-30(15-13-28)46-22-31-23-47-35(48-31,24-43-37-16-17-38-43)32-6-4-5-7-33(32)36/h4-17,25-26,31H,3,18-24H2,1-2H3. The molecule has 13 heteroatoms. The van der Waals surface area contributed by atoms with Gasteiger partial charge in [-0.25, -0.2) is 14.0 Å². The minimum absolute atomic E-state index is 0.0679. The van der Waals surface area contributed by atoms with Crippen molar-refractivity contribution in [1.82, 2.24) is 29.3 Å². The monoisotopic (exact) mass is 670 g/mol. The molecule has 250 valence electrons. The molecule has 0 N–H and O–H groups in total. The van der Waals surface area contributed by atoms with Crippen LogP contribution >= 0.6 is 11.6 Å². The number of piperazine rings is 1. The van der Waals surface area contributed by atoms with Gasteiger partial charge in [0.1, 0.15) is 31.3 Å². The lowest BCUT2D eigenvalue weighted by Crippen LogP contribution is -2.46. The number of halogens is 1. The normalized spacial score (nSPS) is 20.3. The molecule has 0 amide bonds. The first kappa shape index (κ1) is 31.9. The molecule has 2 aliphatic heterocycles. The van der Waals surface area contributed by atoms with Gasteiger partial charge in [-0.1, -0.05) is 36.7 Å². The van der Waals surface area contributed by atoms with Gasteiger partial charge in [-0.15, -0.1) is 0 Å². The van der Waals surface area contributed by atoms with Crippen LogP contribution in [-0.2, 0) is 21.8 Å². The van der Waals surface area contributed by atoms with Crippen molar-refractivity contribution in [1.29, 1.82) is 0 Å². The Morgan fingerprint density at radius 2 is 1.52 bits per heavy atom. The molecule has 2 saturated heterocycles. The number of aromatic nitrogens is 6. The van der Waals surface area contributed by atoms with Gasteiger partial charge in [0.15, 0.2) is 0 Å². The minimum atomic E-state index is -1.11. The van der Waals surface area contributed by atoms with Crippen LogP contribution in [-0.4, -0.2) is 74.8 Å². The molecular formula is C35H39ClN8O4. The van der Waals surface area contributed by atoms with Crippen LogP contribution < -0.4 is 20.2 Å². The summed E-state index contributed by atoms with van der Waals surface area (Å²) in [4.78, 5) is 19.1. The van der Waals surface area contributed by atoms with E-state index in [0.29, 0.717) is 18.2 Å². The molecule has 48 heavy (non-hydrogen) atoms. The Kier molecular flexibility index (Phi) is 9.20. The predicted octanol–water partition coefficient (Wildman–Crippen LogP) is 4.92. The fourth-order valence-electron chi connectivity index (χ4n) is 6.20. The van der Waals surface area contributed by atoms with E-state index in [1.165, 1.54) is 4.80 Å². The van der Waals surface area contributed by atoms with E-state index >= 15 is 0 Å². The first-order valence-electron chi connectivity index (χ1n) is 16.3. The van der Waals surface area contributed by atoms with Gasteiger partial charge in [0, 0.05) is 48.1 Å². The summed E-state index contributed by atoms with van der Waals surface area (Å²) < 4.78 is 22.0. The van der Waals surface area contributed by atoms with Crippen molar-refractivity contribution in [2.45, 2.75) is 44.7 Å². The lowest BCUT2D eigenvalue weighted by molar-refractivity contribution is -0.192. The minimum Gasteiger partial charge on any atom is -0.491 e. The molecule has 3 atom stereocenters. The van der Waals surface area contributed by atoms with E-state index in [9.17, 15) is 4.79 Å². The van der Waals surface area contributed by atoms with Crippen LogP contribution in [0.1, 0.15) is 31.9 Å². The topological polar surface area (TPSA) is 105 Å². The van der Waals surface area contributed by atoms with Gasteiger partial charge >= 0.3 is 5.69 Å². The number of rotatable bonds is 11. The Bertz CT molecular complexity index is 1850. The molecule has 4 heterocycles. The maximum Gasteiger partial charge on any atom is 0.350 e. The Balaban J connectivity index is 0.921. The molecule has 7 rings (SSSR count). The largest absolute Gasteiger partial charge is 0.491 e. The predicted molar refractivity (Wildman–Crippen MR) is 183 cm³/mol. The molecule has 0 spiro atoms. The van der Waals surface area contributed by atoms with Crippen molar-refractivity contribution in [3.05, 3.63) is 113 Å². The lowest BCUT2D eigenvalue weighted by Gasteiger charge is -2.37. The third kappa shape index (κ3) is 6.55. The van der Waals surface area contributed by atoms with E-state index < -0.39 is 5.79 Å².